The molecule has 0 aliphatic rings. The zero-order valence-electron chi connectivity index (χ0n) is 11.5. The first-order chi connectivity index (χ1) is 9.20. The van der Waals surface area contributed by atoms with Crippen molar-refractivity contribution in [2.24, 2.45) is 0 Å². The fraction of sp³-hybridized carbons (Fsp3) is 0.333. The number of nitrogens with zero attached hydrogens (tertiary/aromatic N) is 3. The van der Waals surface area contributed by atoms with Crippen LogP contribution in [0.3, 0.4) is 0 Å². The van der Waals surface area contributed by atoms with E-state index in [2.05, 4.69) is 29.0 Å². The second-order valence-corrected chi connectivity index (χ2v) is 4.67. The first-order valence-corrected chi connectivity index (χ1v) is 6.56. The van der Waals surface area contributed by atoms with Crippen LogP contribution in [-0.2, 0) is 0 Å². The molecule has 1 N–H and O–H groups in total. The molecular weight excluding hydrogens is 236 g/mol. The summed E-state index contributed by atoms with van der Waals surface area (Å²) >= 11 is 0. The van der Waals surface area contributed by atoms with Crippen LogP contribution < -0.4 is 5.32 Å². The highest BCUT2D eigenvalue weighted by Crippen LogP contribution is 2.18. The van der Waals surface area contributed by atoms with E-state index in [-0.39, 0.29) is 6.04 Å². The third-order valence-corrected chi connectivity index (χ3v) is 2.86. The summed E-state index contributed by atoms with van der Waals surface area (Å²) in [6.45, 7) is 9.00. The van der Waals surface area contributed by atoms with Gasteiger partial charge in [0, 0.05) is 0 Å². The summed E-state index contributed by atoms with van der Waals surface area (Å²) < 4.78 is 0. The number of hydrogen-bond donors (Lipinski definition) is 1. The Morgan fingerprint density at radius 2 is 2.11 bits per heavy atom. The molecule has 2 aromatic rings. The Kier molecular flexibility index (Phi) is 4.47. The molecule has 0 saturated carbocycles. The van der Waals surface area contributed by atoms with E-state index in [1.807, 2.05) is 43.5 Å². The summed E-state index contributed by atoms with van der Waals surface area (Å²) in [4.78, 5) is 1.66. The van der Waals surface area contributed by atoms with E-state index in [1.165, 1.54) is 0 Å². The molecule has 1 atom stereocenters. The molecule has 2 rings (SSSR count). The Bertz CT molecular complexity index is 530. The zero-order chi connectivity index (χ0) is 13.7. The Morgan fingerprint density at radius 1 is 1.37 bits per heavy atom. The number of aromatic nitrogens is 3. The van der Waals surface area contributed by atoms with Crippen molar-refractivity contribution in [3.63, 3.8) is 0 Å². The van der Waals surface area contributed by atoms with E-state index >= 15 is 0 Å². The standard InChI is InChI=1S/C15H20N4/c1-4-16-14(10-12(2)3)15-11-17-19(18-15)13-8-6-5-7-9-13/h5-9,11,14,16H,2,4,10H2,1,3H3. The first-order valence-electron chi connectivity index (χ1n) is 6.56. The van der Waals surface area contributed by atoms with Crippen molar-refractivity contribution in [2.45, 2.75) is 26.3 Å². The molecule has 4 nitrogen and oxygen atoms in total. The summed E-state index contributed by atoms with van der Waals surface area (Å²) in [7, 11) is 0. The van der Waals surface area contributed by atoms with Crippen LogP contribution in [-0.4, -0.2) is 21.5 Å². The van der Waals surface area contributed by atoms with Crippen LogP contribution in [0.2, 0.25) is 0 Å². The first kappa shape index (κ1) is 13.5. The van der Waals surface area contributed by atoms with Crippen molar-refractivity contribution >= 4 is 0 Å². The fourth-order valence-corrected chi connectivity index (χ4v) is 2.00. The van der Waals surface area contributed by atoms with Crippen LogP contribution in [0.25, 0.3) is 5.69 Å². The quantitative estimate of drug-likeness (QED) is 0.808. The minimum atomic E-state index is 0.181. The fourth-order valence-electron chi connectivity index (χ4n) is 2.00. The Hall–Kier alpha value is -1.94. The monoisotopic (exact) mass is 256 g/mol. The van der Waals surface area contributed by atoms with Crippen molar-refractivity contribution in [3.8, 4) is 5.69 Å². The van der Waals surface area contributed by atoms with Gasteiger partial charge in [0.25, 0.3) is 0 Å². The van der Waals surface area contributed by atoms with Crippen LogP contribution in [0.1, 0.15) is 32.0 Å². The Labute approximate surface area is 114 Å². The summed E-state index contributed by atoms with van der Waals surface area (Å²) in [5.74, 6) is 0. The maximum Gasteiger partial charge on any atom is 0.100 e. The largest absolute Gasteiger partial charge is 0.309 e. The third kappa shape index (κ3) is 3.51. The topological polar surface area (TPSA) is 42.7 Å². The lowest BCUT2D eigenvalue weighted by Gasteiger charge is -2.14. The smallest absolute Gasteiger partial charge is 0.100 e. The molecule has 100 valence electrons. The second kappa shape index (κ2) is 6.29. The van der Waals surface area contributed by atoms with Gasteiger partial charge in [0.05, 0.1) is 17.9 Å². The van der Waals surface area contributed by atoms with E-state index in [0.717, 1.165) is 29.9 Å². The molecule has 0 fully saturated rings. The summed E-state index contributed by atoms with van der Waals surface area (Å²) in [5, 5.41) is 12.3. The normalized spacial score (nSPS) is 12.3. The molecule has 0 aliphatic heterocycles. The van der Waals surface area contributed by atoms with Crippen LogP contribution in [0.15, 0.2) is 48.7 Å². The number of rotatable bonds is 6. The summed E-state index contributed by atoms with van der Waals surface area (Å²) in [6.07, 6.45) is 2.70. The molecule has 1 heterocycles. The van der Waals surface area contributed by atoms with E-state index in [0.29, 0.717) is 0 Å². The molecule has 0 saturated heterocycles. The molecule has 19 heavy (non-hydrogen) atoms. The summed E-state index contributed by atoms with van der Waals surface area (Å²) in [5.41, 5.74) is 3.06. The minimum absolute atomic E-state index is 0.181. The molecule has 0 radical (unpaired) electrons. The Morgan fingerprint density at radius 3 is 2.74 bits per heavy atom. The van der Waals surface area contributed by atoms with Crippen molar-refractivity contribution in [2.75, 3.05) is 6.54 Å². The second-order valence-electron chi connectivity index (χ2n) is 4.67. The lowest BCUT2D eigenvalue weighted by molar-refractivity contribution is 0.530. The molecule has 1 unspecified atom stereocenters. The van der Waals surface area contributed by atoms with E-state index in [4.69, 9.17) is 0 Å². The third-order valence-electron chi connectivity index (χ3n) is 2.86. The van der Waals surface area contributed by atoms with Gasteiger partial charge in [0.15, 0.2) is 0 Å². The predicted octanol–water partition coefficient (Wildman–Crippen LogP) is 2.88. The molecule has 4 heteroatoms. The van der Waals surface area contributed by atoms with Crippen LogP contribution in [0, 0.1) is 0 Å². The molecule has 0 spiro atoms. The molecule has 1 aromatic carbocycles. The van der Waals surface area contributed by atoms with Gasteiger partial charge in [-0.05, 0) is 32.0 Å². The van der Waals surface area contributed by atoms with Gasteiger partial charge in [-0.15, -0.1) is 6.58 Å². The molecular formula is C15H20N4. The van der Waals surface area contributed by atoms with Gasteiger partial charge in [0.1, 0.15) is 5.69 Å². The summed E-state index contributed by atoms with van der Waals surface area (Å²) in [6, 6.07) is 10.1. The minimum Gasteiger partial charge on any atom is -0.309 e. The van der Waals surface area contributed by atoms with Gasteiger partial charge in [0.2, 0.25) is 0 Å². The number of benzene rings is 1. The average molecular weight is 256 g/mol. The average Bonchev–Trinajstić information content (AvgIpc) is 2.88. The van der Waals surface area contributed by atoms with Gasteiger partial charge < -0.3 is 5.32 Å². The van der Waals surface area contributed by atoms with Crippen molar-refractivity contribution in [1.82, 2.24) is 20.3 Å². The SMILES string of the molecule is C=C(C)CC(NCC)c1cnn(-c2ccccc2)n1. The van der Waals surface area contributed by atoms with Gasteiger partial charge >= 0.3 is 0 Å². The molecule has 1 aromatic heterocycles. The van der Waals surface area contributed by atoms with E-state index in [9.17, 15) is 0 Å². The highest BCUT2D eigenvalue weighted by atomic mass is 15.5. The van der Waals surface area contributed by atoms with Gasteiger partial charge in [-0.2, -0.15) is 15.0 Å². The number of para-hydroxylation sites is 1. The van der Waals surface area contributed by atoms with Crippen molar-refractivity contribution < 1.29 is 0 Å². The highest BCUT2D eigenvalue weighted by molar-refractivity contribution is 5.28. The molecule has 0 aliphatic carbocycles. The molecule has 0 amide bonds. The van der Waals surface area contributed by atoms with Crippen LogP contribution >= 0.6 is 0 Å². The van der Waals surface area contributed by atoms with Crippen LogP contribution in [0.5, 0.6) is 0 Å². The van der Waals surface area contributed by atoms with E-state index < -0.39 is 0 Å². The van der Waals surface area contributed by atoms with Crippen molar-refractivity contribution in [1.29, 1.82) is 0 Å². The highest BCUT2D eigenvalue weighted by Gasteiger charge is 2.14. The maximum atomic E-state index is 4.55. The lowest BCUT2D eigenvalue weighted by atomic mass is 10.1. The van der Waals surface area contributed by atoms with E-state index in [1.54, 1.807) is 4.80 Å². The van der Waals surface area contributed by atoms with Crippen molar-refractivity contribution in [3.05, 3.63) is 54.4 Å². The number of hydrogen-bond acceptors (Lipinski definition) is 3. The van der Waals surface area contributed by atoms with Gasteiger partial charge in [-0.3, -0.25) is 0 Å². The molecule has 0 bridgehead atoms. The van der Waals surface area contributed by atoms with Gasteiger partial charge in [-0.25, -0.2) is 0 Å². The van der Waals surface area contributed by atoms with Crippen LogP contribution in [0.4, 0.5) is 0 Å². The predicted molar refractivity (Wildman–Crippen MR) is 77.2 cm³/mol. The lowest BCUT2D eigenvalue weighted by Crippen LogP contribution is -2.21. The number of nitrogens with one attached hydrogen (secondary N) is 1. The zero-order valence-corrected chi connectivity index (χ0v) is 11.5. The maximum absolute atomic E-state index is 4.55. The van der Waals surface area contributed by atoms with Gasteiger partial charge in [-0.1, -0.05) is 30.7 Å². The Balaban J connectivity index is 2.21.